The van der Waals surface area contributed by atoms with Crippen LogP contribution < -0.4 is 0 Å². The number of allylic oxidation sites excluding steroid dienone is 8. The number of rotatable bonds is 0. The van der Waals surface area contributed by atoms with Crippen LogP contribution in [0.2, 0.25) is 0 Å². The van der Waals surface area contributed by atoms with Crippen molar-refractivity contribution in [3.63, 3.8) is 0 Å². The lowest BCUT2D eigenvalue weighted by Crippen LogP contribution is -1.90. The molecule has 2 aliphatic rings. The first-order chi connectivity index (χ1) is 5.47. The monoisotopic (exact) mass is 144 g/mol. The van der Waals surface area contributed by atoms with E-state index in [9.17, 15) is 0 Å². The first-order valence-electron chi connectivity index (χ1n) is 4.18. The molecule has 0 saturated carbocycles. The Kier molecular flexibility index (Phi) is 1.76. The zero-order valence-electron chi connectivity index (χ0n) is 6.59. The molecule has 0 N–H and O–H groups in total. The van der Waals surface area contributed by atoms with E-state index in [1.807, 2.05) is 0 Å². The molecular formula is C11H12. The molecule has 0 saturated heterocycles. The Balaban J connectivity index is 2.34. The number of hydrogen-bond donors (Lipinski definition) is 0. The highest BCUT2D eigenvalue weighted by Crippen LogP contribution is 2.24. The average Bonchev–Trinajstić information content (AvgIpc) is 2.28. The van der Waals surface area contributed by atoms with Crippen LogP contribution in [0.1, 0.15) is 19.3 Å². The maximum Gasteiger partial charge on any atom is -0.0127 e. The molecule has 0 heterocycles. The summed E-state index contributed by atoms with van der Waals surface area (Å²) in [5.41, 5.74) is 3.03. The Labute approximate surface area is 67.6 Å². The Hall–Kier alpha value is -1.04. The van der Waals surface area contributed by atoms with Crippen molar-refractivity contribution < 1.29 is 0 Å². The van der Waals surface area contributed by atoms with Gasteiger partial charge in [-0.25, -0.2) is 0 Å². The Morgan fingerprint density at radius 3 is 3.00 bits per heavy atom. The minimum Gasteiger partial charge on any atom is -0.0836 e. The van der Waals surface area contributed by atoms with E-state index >= 15 is 0 Å². The molecule has 0 unspecified atom stereocenters. The highest BCUT2D eigenvalue weighted by Gasteiger charge is 2.04. The molecule has 0 aliphatic heterocycles. The fourth-order valence-electron chi connectivity index (χ4n) is 1.57. The molecule has 0 aromatic carbocycles. The molecule has 56 valence electrons. The lowest BCUT2D eigenvalue weighted by atomic mass is 9.96. The summed E-state index contributed by atoms with van der Waals surface area (Å²) in [5.74, 6) is 0. The van der Waals surface area contributed by atoms with Gasteiger partial charge in [0, 0.05) is 0 Å². The second-order valence-corrected chi connectivity index (χ2v) is 2.99. The normalized spacial score (nSPS) is 21.8. The van der Waals surface area contributed by atoms with Crippen molar-refractivity contribution in [2.75, 3.05) is 0 Å². The van der Waals surface area contributed by atoms with Crippen LogP contribution in [-0.4, -0.2) is 0 Å². The molecule has 0 heteroatoms. The molecular weight excluding hydrogens is 132 g/mol. The van der Waals surface area contributed by atoms with Gasteiger partial charge in [0.25, 0.3) is 0 Å². The minimum atomic E-state index is 1.15. The Morgan fingerprint density at radius 2 is 2.00 bits per heavy atom. The minimum absolute atomic E-state index is 1.15. The van der Waals surface area contributed by atoms with Crippen molar-refractivity contribution in [2.45, 2.75) is 19.3 Å². The van der Waals surface area contributed by atoms with E-state index in [-0.39, 0.29) is 0 Å². The van der Waals surface area contributed by atoms with E-state index in [1.165, 1.54) is 18.4 Å². The third kappa shape index (κ3) is 1.35. The molecule has 0 spiro atoms. The van der Waals surface area contributed by atoms with Gasteiger partial charge in [-0.05, 0) is 24.8 Å². The first kappa shape index (κ1) is 6.66. The summed E-state index contributed by atoms with van der Waals surface area (Å²) in [6.07, 6.45) is 16.8. The summed E-state index contributed by atoms with van der Waals surface area (Å²) < 4.78 is 0. The van der Waals surface area contributed by atoms with Crippen molar-refractivity contribution in [1.29, 1.82) is 0 Å². The fraction of sp³-hybridized carbons (Fsp3) is 0.273. The van der Waals surface area contributed by atoms with Gasteiger partial charge < -0.3 is 0 Å². The van der Waals surface area contributed by atoms with Crippen LogP contribution in [0.25, 0.3) is 0 Å². The SMILES string of the molecule is C1=CCC2=C(C=C1)C=CCC2. The van der Waals surface area contributed by atoms with Gasteiger partial charge in [-0.15, -0.1) is 0 Å². The Morgan fingerprint density at radius 1 is 1.00 bits per heavy atom. The lowest BCUT2D eigenvalue weighted by molar-refractivity contribution is 0.914. The summed E-state index contributed by atoms with van der Waals surface area (Å²) in [6, 6.07) is 0. The smallest absolute Gasteiger partial charge is 0.0127 e. The molecule has 0 fully saturated rings. The third-order valence-corrected chi connectivity index (χ3v) is 2.21. The highest BCUT2D eigenvalue weighted by atomic mass is 14.1. The second-order valence-electron chi connectivity index (χ2n) is 2.99. The van der Waals surface area contributed by atoms with Crippen LogP contribution in [0.4, 0.5) is 0 Å². The largest absolute Gasteiger partial charge is 0.0836 e. The summed E-state index contributed by atoms with van der Waals surface area (Å²) >= 11 is 0. The van der Waals surface area contributed by atoms with Crippen LogP contribution in [0.5, 0.6) is 0 Å². The van der Waals surface area contributed by atoms with Gasteiger partial charge in [-0.1, -0.05) is 42.0 Å². The van der Waals surface area contributed by atoms with E-state index < -0.39 is 0 Å². The van der Waals surface area contributed by atoms with Gasteiger partial charge in [0.15, 0.2) is 0 Å². The van der Waals surface area contributed by atoms with E-state index in [1.54, 1.807) is 5.57 Å². The molecule has 0 aromatic heterocycles. The third-order valence-electron chi connectivity index (χ3n) is 2.21. The van der Waals surface area contributed by atoms with E-state index in [4.69, 9.17) is 0 Å². The van der Waals surface area contributed by atoms with Gasteiger partial charge in [0.1, 0.15) is 0 Å². The average molecular weight is 144 g/mol. The molecule has 0 radical (unpaired) electrons. The van der Waals surface area contributed by atoms with E-state index in [2.05, 4.69) is 36.5 Å². The summed E-state index contributed by atoms with van der Waals surface area (Å²) in [4.78, 5) is 0. The van der Waals surface area contributed by atoms with Crippen molar-refractivity contribution in [3.8, 4) is 0 Å². The maximum atomic E-state index is 2.26. The summed E-state index contributed by atoms with van der Waals surface area (Å²) in [6.45, 7) is 0. The van der Waals surface area contributed by atoms with E-state index in [0.29, 0.717) is 0 Å². The standard InChI is InChI=1S/C11H12/c1-2-6-10-8-4-5-9-11(10)7-3-1/h1-4,6,8H,5,7,9H2. The zero-order valence-corrected chi connectivity index (χ0v) is 6.59. The molecule has 0 atom stereocenters. The number of hydrogen-bond acceptors (Lipinski definition) is 0. The molecule has 0 amide bonds. The van der Waals surface area contributed by atoms with Gasteiger partial charge >= 0.3 is 0 Å². The van der Waals surface area contributed by atoms with Crippen molar-refractivity contribution in [2.24, 2.45) is 0 Å². The van der Waals surface area contributed by atoms with Crippen LogP contribution in [0, 0.1) is 0 Å². The highest BCUT2D eigenvalue weighted by molar-refractivity contribution is 5.41. The molecule has 0 bridgehead atoms. The fourth-order valence-corrected chi connectivity index (χ4v) is 1.57. The second kappa shape index (κ2) is 2.91. The van der Waals surface area contributed by atoms with Crippen LogP contribution in [0.3, 0.4) is 0 Å². The lowest BCUT2D eigenvalue weighted by Gasteiger charge is -2.10. The molecule has 2 aliphatic carbocycles. The van der Waals surface area contributed by atoms with Gasteiger partial charge in [0.05, 0.1) is 0 Å². The van der Waals surface area contributed by atoms with Crippen LogP contribution in [0.15, 0.2) is 47.6 Å². The predicted molar refractivity (Wildman–Crippen MR) is 48.3 cm³/mol. The predicted octanol–water partition coefficient (Wildman–Crippen LogP) is 3.15. The topological polar surface area (TPSA) is 0 Å². The molecule has 0 nitrogen and oxygen atoms in total. The molecule has 2 rings (SSSR count). The van der Waals surface area contributed by atoms with Crippen molar-refractivity contribution >= 4 is 0 Å². The van der Waals surface area contributed by atoms with Crippen molar-refractivity contribution in [1.82, 2.24) is 0 Å². The van der Waals surface area contributed by atoms with Gasteiger partial charge in [-0.2, -0.15) is 0 Å². The van der Waals surface area contributed by atoms with Crippen LogP contribution >= 0.6 is 0 Å². The summed E-state index contributed by atoms with van der Waals surface area (Å²) in [5, 5.41) is 0. The van der Waals surface area contributed by atoms with Crippen LogP contribution in [-0.2, 0) is 0 Å². The summed E-state index contributed by atoms with van der Waals surface area (Å²) in [7, 11) is 0. The first-order valence-corrected chi connectivity index (χ1v) is 4.18. The zero-order chi connectivity index (χ0) is 7.52. The molecule has 0 aromatic rings. The van der Waals surface area contributed by atoms with E-state index in [0.717, 1.165) is 6.42 Å². The van der Waals surface area contributed by atoms with Gasteiger partial charge in [-0.3, -0.25) is 0 Å². The quantitative estimate of drug-likeness (QED) is 0.490. The molecule has 11 heavy (non-hydrogen) atoms. The maximum absolute atomic E-state index is 2.26. The van der Waals surface area contributed by atoms with Gasteiger partial charge in [0.2, 0.25) is 0 Å². The van der Waals surface area contributed by atoms with Crippen molar-refractivity contribution in [3.05, 3.63) is 47.6 Å². The Bertz CT molecular complexity index is 262.